The second kappa shape index (κ2) is 16.5. The van der Waals surface area contributed by atoms with Crippen molar-refractivity contribution in [1.29, 1.82) is 0 Å². The minimum atomic E-state index is -0.219. The highest BCUT2D eigenvalue weighted by Crippen LogP contribution is 2.51. The van der Waals surface area contributed by atoms with E-state index in [9.17, 15) is 4.79 Å². The third kappa shape index (κ3) is 10.2. The molecule has 0 aromatic heterocycles. The predicted molar refractivity (Wildman–Crippen MR) is 175 cm³/mol. The van der Waals surface area contributed by atoms with E-state index in [0.717, 1.165) is 30.6 Å². The second-order valence-electron chi connectivity index (χ2n) is 12.8. The lowest BCUT2D eigenvalue weighted by molar-refractivity contribution is 0.0499. The van der Waals surface area contributed by atoms with Gasteiger partial charge in [-0.3, -0.25) is 0 Å². The van der Waals surface area contributed by atoms with Gasteiger partial charge in [0.05, 0.1) is 12.2 Å². The van der Waals surface area contributed by atoms with Crippen molar-refractivity contribution in [3.63, 3.8) is 0 Å². The number of aryl methyl sites for hydroxylation is 1. The van der Waals surface area contributed by atoms with Crippen LogP contribution in [0.4, 0.5) is 0 Å². The van der Waals surface area contributed by atoms with Crippen LogP contribution in [-0.4, -0.2) is 12.6 Å². The lowest BCUT2D eigenvalue weighted by atomic mass is 9.85. The molecule has 1 fully saturated rings. The monoisotopic (exact) mass is 554 g/mol. The van der Waals surface area contributed by atoms with Gasteiger partial charge >= 0.3 is 5.97 Å². The van der Waals surface area contributed by atoms with Crippen LogP contribution < -0.4 is 0 Å². The standard InChI is InChI=1S/C14H20O2.C13H18.C12H16/c1-4-5-10-16-14(15)13-8-6-12(7-9-13)11(2)3;1-10(2)12-9-5-7-11-6-3-4-8-13(11)12;1-9(2)11-8-12(11)10-6-4-3-5-7-10/h6-9,11H,4-5,10H2,1-3H3;5,7,9-10H,3-4,6,8H2,1-2H3;3-7,9,11-12H,8H2,1-2H3/t;;11-,12?/m..0/s1. The lowest BCUT2D eigenvalue weighted by Crippen LogP contribution is -2.06. The minimum absolute atomic E-state index is 0.219. The fraction of sp³-hybridized carbons (Fsp3) is 0.513. The van der Waals surface area contributed by atoms with Gasteiger partial charge in [-0.05, 0) is 108 Å². The smallest absolute Gasteiger partial charge is 0.338 e. The van der Waals surface area contributed by atoms with Crippen molar-refractivity contribution in [3.8, 4) is 0 Å². The van der Waals surface area contributed by atoms with E-state index in [4.69, 9.17) is 4.74 Å². The van der Waals surface area contributed by atoms with Gasteiger partial charge in [0.2, 0.25) is 0 Å². The summed E-state index contributed by atoms with van der Waals surface area (Å²) >= 11 is 0. The quantitative estimate of drug-likeness (QED) is 0.204. The highest BCUT2D eigenvalue weighted by molar-refractivity contribution is 5.89. The molecule has 0 saturated heterocycles. The maximum atomic E-state index is 11.6. The van der Waals surface area contributed by atoms with E-state index in [-0.39, 0.29) is 5.97 Å². The zero-order valence-electron chi connectivity index (χ0n) is 26.8. The molecule has 222 valence electrons. The summed E-state index contributed by atoms with van der Waals surface area (Å²) in [6.07, 6.45) is 8.75. The summed E-state index contributed by atoms with van der Waals surface area (Å²) in [5.74, 6) is 3.63. The molecule has 0 radical (unpaired) electrons. The number of fused-ring (bicyclic) bond motifs is 1. The molecule has 5 rings (SSSR count). The number of hydrogen-bond acceptors (Lipinski definition) is 2. The van der Waals surface area contributed by atoms with Gasteiger partial charge in [-0.1, -0.05) is 116 Å². The molecule has 2 aliphatic rings. The first-order chi connectivity index (χ1) is 19.7. The fourth-order valence-electron chi connectivity index (χ4n) is 5.78. The van der Waals surface area contributed by atoms with Crippen molar-refractivity contribution in [3.05, 3.63) is 106 Å². The zero-order valence-corrected chi connectivity index (χ0v) is 26.8. The van der Waals surface area contributed by atoms with Gasteiger partial charge < -0.3 is 4.74 Å². The summed E-state index contributed by atoms with van der Waals surface area (Å²) in [6.45, 7) is 16.1. The number of benzene rings is 3. The molecular formula is C39H54O2. The highest BCUT2D eigenvalue weighted by Gasteiger charge is 2.39. The van der Waals surface area contributed by atoms with Crippen molar-refractivity contribution >= 4 is 5.97 Å². The van der Waals surface area contributed by atoms with Crippen LogP contribution in [0.2, 0.25) is 0 Å². The van der Waals surface area contributed by atoms with E-state index in [1.807, 2.05) is 24.3 Å². The Morgan fingerprint density at radius 2 is 1.49 bits per heavy atom. The summed E-state index contributed by atoms with van der Waals surface area (Å²) in [7, 11) is 0. The largest absolute Gasteiger partial charge is 0.462 e. The second-order valence-corrected chi connectivity index (χ2v) is 12.8. The molecule has 0 spiro atoms. The fourth-order valence-corrected chi connectivity index (χ4v) is 5.78. The van der Waals surface area contributed by atoms with Crippen molar-refractivity contribution in [1.82, 2.24) is 0 Å². The Kier molecular flexibility index (Phi) is 13.2. The van der Waals surface area contributed by atoms with Crippen LogP contribution in [0.3, 0.4) is 0 Å². The summed E-state index contributed by atoms with van der Waals surface area (Å²) in [5, 5.41) is 0. The molecular weight excluding hydrogens is 500 g/mol. The van der Waals surface area contributed by atoms with E-state index in [1.165, 1.54) is 43.2 Å². The first-order valence-corrected chi connectivity index (χ1v) is 16.2. The summed E-state index contributed by atoms with van der Waals surface area (Å²) in [5.41, 5.74) is 8.26. The Bertz CT molecular complexity index is 1170. The summed E-state index contributed by atoms with van der Waals surface area (Å²) in [6, 6.07) is 25.4. The van der Waals surface area contributed by atoms with Gasteiger partial charge in [0.25, 0.3) is 0 Å². The van der Waals surface area contributed by atoms with Gasteiger partial charge in [0.1, 0.15) is 0 Å². The normalized spacial score (nSPS) is 17.2. The number of carbonyl (C=O) groups is 1. The number of rotatable bonds is 8. The highest BCUT2D eigenvalue weighted by atomic mass is 16.5. The van der Waals surface area contributed by atoms with Crippen molar-refractivity contribution < 1.29 is 9.53 Å². The van der Waals surface area contributed by atoms with Gasteiger partial charge in [0, 0.05) is 0 Å². The van der Waals surface area contributed by atoms with Crippen molar-refractivity contribution in [2.75, 3.05) is 6.61 Å². The van der Waals surface area contributed by atoms with Crippen LogP contribution in [0, 0.1) is 11.8 Å². The van der Waals surface area contributed by atoms with Crippen LogP contribution in [0.15, 0.2) is 72.8 Å². The molecule has 41 heavy (non-hydrogen) atoms. The Hall–Kier alpha value is -2.87. The van der Waals surface area contributed by atoms with E-state index in [1.54, 1.807) is 16.7 Å². The molecule has 2 nitrogen and oxygen atoms in total. The SMILES string of the molecule is CC(C)[C@@H]1CC1c1ccccc1.CC(C)c1cccc2c1CCCC2.CCCCOC(=O)c1ccc(C(C)C)cc1. The Labute approximate surface area is 250 Å². The third-order valence-corrected chi connectivity index (χ3v) is 8.52. The molecule has 0 N–H and O–H groups in total. The molecule has 0 aliphatic heterocycles. The van der Waals surface area contributed by atoms with Crippen LogP contribution in [0.5, 0.6) is 0 Å². The van der Waals surface area contributed by atoms with Gasteiger partial charge in [-0.25, -0.2) is 4.79 Å². The predicted octanol–water partition coefficient (Wildman–Crippen LogP) is 10.9. The first-order valence-electron chi connectivity index (χ1n) is 16.2. The molecule has 1 saturated carbocycles. The average molecular weight is 555 g/mol. The van der Waals surface area contributed by atoms with Crippen molar-refractivity contribution in [2.24, 2.45) is 11.8 Å². The van der Waals surface area contributed by atoms with Gasteiger partial charge in [-0.15, -0.1) is 0 Å². The third-order valence-electron chi connectivity index (χ3n) is 8.52. The topological polar surface area (TPSA) is 26.3 Å². The Morgan fingerprint density at radius 1 is 0.805 bits per heavy atom. The molecule has 3 aromatic carbocycles. The number of esters is 1. The van der Waals surface area contributed by atoms with Crippen LogP contribution >= 0.6 is 0 Å². The van der Waals surface area contributed by atoms with Crippen LogP contribution in [-0.2, 0) is 17.6 Å². The number of hydrogen-bond donors (Lipinski definition) is 0. The maximum absolute atomic E-state index is 11.6. The molecule has 1 unspecified atom stereocenters. The Morgan fingerprint density at radius 3 is 2.07 bits per heavy atom. The van der Waals surface area contributed by atoms with Gasteiger partial charge in [-0.2, -0.15) is 0 Å². The number of unbranched alkanes of at least 4 members (excludes halogenated alkanes) is 1. The van der Waals surface area contributed by atoms with E-state index in [0.29, 0.717) is 24.0 Å². The molecule has 3 aromatic rings. The molecule has 2 atom stereocenters. The van der Waals surface area contributed by atoms with Crippen molar-refractivity contribution in [2.45, 2.75) is 111 Å². The molecule has 2 aliphatic carbocycles. The average Bonchev–Trinajstić information content (AvgIpc) is 3.80. The summed E-state index contributed by atoms with van der Waals surface area (Å²) in [4.78, 5) is 11.6. The molecule has 0 bridgehead atoms. The Balaban J connectivity index is 0.000000171. The molecule has 0 amide bonds. The van der Waals surface area contributed by atoms with E-state index < -0.39 is 0 Å². The molecule has 2 heteroatoms. The van der Waals surface area contributed by atoms with Crippen LogP contribution in [0.1, 0.15) is 136 Å². The summed E-state index contributed by atoms with van der Waals surface area (Å²) < 4.78 is 5.13. The maximum Gasteiger partial charge on any atom is 0.338 e. The number of carbonyl (C=O) groups excluding carboxylic acids is 1. The zero-order chi connectivity index (χ0) is 29.8. The number of ether oxygens (including phenoxy) is 1. The molecule has 0 heterocycles. The van der Waals surface area contributed by atoms with E-state index >= 15 is 0 Å². The van der Waals surface area contributed by atoms with E-state index in [2.05, 4.69) is 97.0 Å². The van der Waals surface area contributed by atoms with Crippen LogP contribution in [0.25, 0.3) is 0 Å². The first kappa shape index (κ1) is 32.6. The van der Waals surface area contributed by atoms with Gasteiger partial charge in [0.15, 0.2) is 0 Å². The minimum Gasteiger partial charge on any atom is -0.462 e. The lowest BCUT2D eigenvalue weighted by Gasteiger charge is -2.21.